The third kappa shape index (κ3) is 6.86. The fraction of sp³-hybridized carbons (Fsp3) is 0.900. The number of hydrogen-bond donors (Lipinski definition) is 2. The highest BCUT2D eigenvalue weighted by atomic mass is 16.4. The van der Waals surface area contributed by atoms with Gasteiger partial charge in [0.05, 0.1) is 6.42 Å². The molecule has 0 amide bonds. The molecule has 1 unspecified atom stereocenters. The van der Waals surface area contributed by atoms with Crippen molar-refractivity contribution in [2.45, 2.75) is 32.7 Å². The Kier molecular flexibility index (Phi) is 7.42. The van der Waals surface area contributed by atoms with Gasteiger partial charge in [-0.25, -0.2) is 0 Å². The van der Waals surface area contributed by atoms with E-state index in [1.165, 1.54) is 0 Å². The van der Waals surface area contributed by atoms with Gasteiger partial charge in [0.15, 0.2) is 0 Å². The van der Waals surface area contributed by atoms with Crippen molar-refractivity contribution in [2.24, 2.45) is 0 Å². The van der Waals surface area contributed by atoms with E-state index in [1.54, 1.807) is 0 Å². The monoisotopic (exact) mass is 202 g/mol. The van der Waals surface area contributed by atoms with Crippen LogP contribution in [0.2, 0.25) is 0 Å². The van der Waals surface area contributed by atoms with Gasteiger partial charge in [-0.2, -0.15) is 0 Å². The van der Waals surface area contributed by atoms with Crippen LogP contribution in [0.3, 0.4) is 0 Å². The second-order valence-electron chi connectivity index (χ2n) is 3.57. The van der Waals surface area contributed by atoms with Crippen LogP contribution in [-0.4, -0.2) is 48.7 Å². The summed E-state index contributed by atoms with van der Waals surface area (Å²) >= 11 is 0. The SMILES string of the molecule is CCNC(CC)CN(C)CCC(=O)O. The summed E-state index contributed by atoms with van der Waals surface area (Å²) in [5, 5.41) is 11.9. The fourth-order valence-electron chi connectivity index (χ4n) is 1.38. The summed E-state index contributed by atoms with van der Waals surface area (Å²) in [5.74, 6) is -0.728. The Morgan fingerprint density at radius 1 is 1.50 bits per heavy atom. The average Bonchev–Trinajstić information content (AvgIpc) is 2.14. The van der Waals surface area contributed by atoms with Gasteiger partial charge in [-0.15, -0.1) is 0 Å². The molecule has 0 rings (SSSR count). The Hall–Kier alpha value is -0.610. The molecular formula is C10H22N2O2. The smallest absolute Gasteiger partial charge is 0.304 e. The summed E-state index contributed by atoms with van der Waals surface area (Å²) in [6, 6.07) is 0.471. The standard InChI is InChI=1S/C10H22N2O2/c1-4-9(11-5-2)8-12(3)7-6-10(13)14/h9,11H,4-8H2,1-3H3,(H,13,14). The van der Waals surface area contributed by atoms with Gasteiger partial charge in [-0.05, 0) is 20.0 Å². The number of hydrogen-bond acceptors (Lipinski definition) is 3. The molecule has 4 nitrogen and oxygen atoms in total. The Balaban J connectivity index is 3.66. The largest absolute Gasteiger partial charge is 0.481 e. The first-order valence-electron chi connectivity index (χ1n) is 5.23. The normalized spacial score (nSPS) is 13.1. The van der Waals surface area contributed by atoms with Crippen molar-refractivity contribution >= 4 is 5.97 Å². The predicted octanol–water partition coefficient (Wildman–Crippen LogP) is 0.781. The predicted molar refractivity (Wildman–Crippen MR) is 57.5 cm³/mol. The summed E-state index contributed by atoms with van der Waals surface area (Å²) in [6.07, 6.45) is 1.30. The van der Waals surface area contributed by atoms with Crippen LogP contribution < -0.4 is 5.32 Å². The summed E-state index contributed by atoms with van der Waals surface area (Å²) in [5.41, 5.74) is 0. The minimum atomic E-state index is -0.728. The molecule has 0 aromatic rings. The number of carboxylic acid groups (broad SMARTS) is 1. The lowest BCUT2D eigenvalue weighted by Crippen LogP contribution is -2.39. The molecule has 1 atom stereocenters. The van der Waals surface area contributed by atoms with Crippen LogP contribution in [0.25, 0.3) is 0 Å². The van der Waals surface area contributed by atoms with Crippen LogP contribution in [0.1, 0.15) is 26.7 Å². The van der Waals surface area contributed by atoms with Gasteiger partial charge in [0.25, 0.3) is 0 Å². The maximum atomic E-state index is 10.3. The molecule has 84 valence electrons. The molecule has 14 heavy (non-hydrogen) atoms. The van der Waals surface area contributed by atoms with E-state index in [9.17, 15) is 4.79 Å². The van der Waals surface area contributed by atoms with Crippen molar-refractivity contribution in [1.29, 1.82) is 0 Å². The molecule has 2 N–H and O–H groups in total. The minimum Gasteiger partial charge on any atom is -0.481 e. The molecule has 0 aliphatic carbocycles. The van der Waals surface area contributed by atoms with Crippen molar-refractivity contribution in [1.82, 2.24) is 10.2 Å². The fourth-order valence-corrected chi connectivity index (χ4v) is 1.38. The highest BCUT2D eigenvalue weighted by molar-refractivity contribution is 5.66. The summed E-state index contributed by atoms with van der Waals surface area (Å²) < 4.78 is 0. The zero-order valence-electron chi connectivity index (χ0n) is 9.42. The quantitative estimate of drug-likeness (QED) is 0.611. The van der Waals surface area contributed by atoms with Crippen LogP contribution >= 0.6 is 0 Å². The lowest BCUT2D eigenvalue weighted by Gasteiger charge is -2.23. The zero-order valence-corrected chi connectivity index (χ0v) is 9.42. The van der Waals surface area contributed by atoms with Gasteiger partial charge < -0.3 is 15.3 Å². The van der Waals surface area contributed by atoms with Crippen molar-refractivity contribution in [3.8, 4) is 0 Å². The summed E-state index contributed by atoms with van der Waals surface area (Å²) in [6.45, 7) is 6.72. The molecule has 0 heterocycles. The van der Waals surface area contributed by atoms with E-state index in [0.717, 1.165) is 19.5 Å². The molecule has 0 saturated carbocycles. The molecule has 4 heteroatoms. The number of carboxylic acids is 1. The molecule has 0 aromatic heterocycles. The first-order chi connectivity index (χ1) is 6.60. The van der Waals surface area contributed by atoms with Crippen molar-refractivity contribution in [3.05, 3.63) is 0 Å². The van der Waals surface area contributed by atoms with E-state index < -0.39 is 5.97 Å². The van der Waals surface area contributed by atoms with Crippen LogP contribution in [0.15, 0.2) is 0 Å². The molecule has 0 aliphatic rings. The van der Waals surface area contributed by atoms with Crippen molar-refractivity contribution in [3.63, 3.8) is 0 Å². The molecule has 0 spiro atoms. The van der Waals surface area contributed by atoms with Gasteiger partial charge in [0.1, 0.15) is 0 Å². The lowest BCUT2D eigenvalue weighted by molar-refractivity contribution is -0.137. The molecular weight excluding hydrogens is 180 g/mol. The van der Waals surface area contributed by atoms with Crippen LogP contribution in [0.4, 0.5) is 0 Å². The van der Waals surface area contributed by atoms with Gasteiger partial charge in [0, 0.05) is 19.1 Å². The number of nitrogens with one attached hydrogen (secondary N) is 1. The number of aliphatic carboxylic acids is 1. The van der Waals surface area contributed by atoms with Gasteiger partial charge in [-0.1, -0.05) is 13.8 Å². The average molecular weight is 202 g/mol. The first-order valence-corrected chi connectivity index (χ1v) is 5.23. The minimum absolute atomic E-state index is 0.221. The van der Waals surface area contributed by atoms with Gasteiger partial charge in [0.2, 0.25) is 0 Å². The Labute approximate surface area is 86.3 Å². The zero-order chi connectivity index (χ0) is 11.0. The Morgan fingerprint density at radius 3 is 2.57 bits per heavy atom. The third-order valence-electron chi connectivity index (χ3n) is 2.23. The van der Waals surface area contributed by atoms with E-state index in [4.69, 9.17) is 5.11 Å². The van der Waals surface area contributed by atoms with Crippen LogP contribution in [0.5, 0.6) is 0 Å². The molecule has 0 aromatic carbocycles. The van der Waals surface area contributed by atoms with E-state index in [1.807, 2.05) is 7.05 Å². The van der Waals surface area contributed by atoms with Crippen molar-refractivity contribution in [2.75, 3.05) is 26.7 Å². The second kappa shape index (κ2) is 7.76. The number of rotatable bonds is 8. The third-order valence-corrected chi connectivity index (χ3v) is 2.23. The van der Waals surface area contributed by atoms with Crippen LogP contribution in [-0.2, 0) is 4.79 Å². The second-order valence-corrected chi connectivity index (χ2v) is 3.57. The van der Waals surface area contributed by atoms with Crippen molar-refractivity contribution < 1.29 is 9.90 Å². The van der Waals surface area contributed by atoms with E-state index >= 15 is 0 Å². The van der Waals surface area contributed by atoms with E-state index in [0.29, 0.717) is 12.6 Å². The molecule has 0 bridgehead atoms. The highest BCUT2D eigenvalue weighted by Crippen LogP contribution is 1.95. The lowest BCUT2D eigenvalue weighted by atomic mass is 10.2. The number of likely N-dealkylation sites (N-methyl/N-ethyl adjacent to an activating group) is 2. The van der Waals surface area contributed by atoms with Crippen LogP contribution in [0, 0.1) is 0 Å². The van der Waals surface area contributed by atoms with Gasteiger partial charge in [-0.3, -0.25) is 4.79 Å². The maximum Gasteiger partial charge on any atom is 0.304 e. The maximum absolute atomic E-state index is 10.3. The van der Waals surface area contributed by atoms with E-state index in [-0.39, 0.29) is 6.42 Å². The molecule has 0 saturated heterocycles. The Bertz CT molecular complexity index is 162. The summed E-state index contributed by atoms with van der Waals surface area (Å²) in [4.78, 5) is 12.4. The summed E-state index contributed by atoms with van der Waals surface area (Å²) in [7, 11) is 1.96. The number of nitrogens with zero attached hydrogens (tertiary/aromatic N) is 1. The number of carbonyl (C=O) groups is 1. The first kappa shape index (κ1) is 13.4. The molecule has 0 fully saturated rings. The highest BCUT2D eigenvalue weighted by Gasteiger charge is 2.08. The Morgan fingerprint density at radius 2 is 2.14 bits per heavy atom. The molecule has 0 aliphatic heterocycles. The molecule has 0 radical (unpaired) electrons. The van der Waals surface area contributed by atoms with E-state index in [2.05, 4.69) is 24.1 Å². The topological polar surface area (TPSA) is 52.6 Å². The van der Waals surface area contributed by atoms with Gasteiger partial charge >= 0.3 is 5.97 Å².